The fourth-order valence-corrected chi connectivity index (χ4v) is 6.52. The van der Waals surface area contributed by atoms with Gasteiger partial charge in [0.25, 0.3) is 0 Å². The second-order valence-electron chi connectivity index (χ2n) is 7.76. The highest BCUT2D eigenvalue weighted by Crippen LogP contribution is 2.48. The first-order chi connectivity index (χ1) is 13.7. The van der Waals surface area contributed by atoms with Gasteiger partial charge in [0.05, 0.1) is 13.2 Å². The Morgan fingerprint density at radius 1 is 1.34 bits per heavy atom. The quantitative estimate of drug-likeness (QED) is 0.791. The molecule has 0 bridgehead atoms. The number of thiophene rings is 1. The number of amides is 1. The molecule has 2 aliphatic rings. The van der Waals surface area contributed by atoms with E-state index in [1.165, 1.54) is 25.3 Å². The number of sulfone groups is 1. The smallest absolute Gasteiger partial charge is 0.223 e. The molecule has 1 amide bonds. The fourth-order valence-electron chi connectivity index (χ4n) is 3.97. The molecule has 3 heterocycles. The normalized spacial score (nSPS) is 23.6. The maximum atomic E-state index is 13.2. The highest BCUT2D eigenvalue weighted by atomic mass is 32.2. The van der Waals surface area contributed by atoms with Gasteiger partial charge in [-0.3, -0.25) is 4.79 Å². The number of fused-ring (bicyclic) bond motifs is 1. The van der Waals surface area contributed by atoms with Crippen molar-refractivity contribution in [3.05, 3.63) is 35.2 Å². The minimum Gasteiger partial charge on any atom is -0.495 e. The number of rotatable bonds is 4. The van der Waals surface area contributed by atoms with E-state index in [9.17, 15) is 18.3 Å². The summed E-state index contributed by atoms with van der Waals surface area (Å²) in [4.78, 5) is 14.1. The van der Waals surface area contributed by atoms with Crippen molar-refractivity contribution < 1.29 is 27.8 Å². The highest BCUT2D eigenvalue weighted by molar-refractivity contribution is 7.93. The first kappa shape index (κ1) is 20.2. The summed E-state index contributed by atoms with van der Waals surface area (Å²) in [5.41, 5.74) is -0.484. The molecule has 1 fully saturated rings. The van der Waals surface area contributed by atoms with Gasteiger partial charge in [0.2, 0.25) is 15.7 Å². The zero-order chi connectivity index (χ0) is 21.0. The second-order valence-corrected chi connectivity index (χ2v) is 10.9. The van der Waals surface area contributed by atoms with Crippen molar-refractivity contribution in [2.24, 2.45) is 0 Å². The molecule has 1 saturated heterocycles. The molecule has 1 aromatic heterocycles. The van der Waals surface area contributed by atoms with Crippen LogP contribution in [-0.2, 0) is 14.6 Å². The summed E-state index contributed by atoms with van der Waals surface area (Å²) >= 11 is 1.12. The minimum atomic E-state index is -3.83. The number of nitrogens with zero attached hydrogens (tertiary/aromatic N) is 1. The minimum absolute atomic E-state index is 0.00616. The Bertz CT molecular complexity index is 1050. The summed E-state index contributed by atoms with van der Waals surface area (Å²) < 4.78 is 38.0. The molecular weight excluding hydrogens is 414 g/mol. The Morgan fingerprint density at radius 3 is 2.69 bits per heavy atom. The Kier molecular flexibility index (Phi) is 4.87. The molecule has 29 heavy (non-hydrogen) atoms. The number of likely N-dealkylation sites (tertiary alicyclic amines) is 1. The van der Waals surface area contributed by atoms with Crippen LogP contribution in [0.5, 0.6) is 11.5 Å². The molecule has 9 heteroatoms. The molecule has 0 saturated carbocycles. The number of hydrogen-bond donors (Lipinski definition) is 1. The molecule has 0 unspecified atom stereocenters. The number of carbonyl (C=O) groups excluding carboxylic acids is 1. The van der Waals surface area contributed by atoms with Gasteiger partial charge in [-0.05, 0) is 37.8 Å². The molecule has 0 aliphatic carbocycles. The molecule has 1 aromatic carbocycles. The Labute approximate surface area is 173 Å². The Hall–Kier alpha value is -2.10. The number of aliphatic hydroxyl groups is 1. The number of aliphatic hydroxyl groups excluding tert-OH is 1. The van der Waals surface area contributed by atoms with Gasteiger partial charge < -0.3 is 19.5 Å². The molecule has 7 nitrogen and oxygen atoms in total. The largest absolute Gasteiger partial charge is 0.495 e. The van der Waals surface area contributed by atoms with E-state index in [2.05, 4.69) is 0 Å². The zero-order valence-electron chi connectivity index (χ0n) is 16.4. The zero-order valence-corrected chi connectivity index (χ0v) is 18.0. The van der Waals surface area contributed by atoms with Crippen LogP contribution in [0, 0.1) is 0 Å². The number of ether oxygens (including phenoxy) is 2. The van der Waals surface area contributed by atoms with Crippen molar-refractivity contribution in [3.8, 4) is 11.5 Å². The average molecular weight is 438 g/mol. The summed E-state index contributed by atoms with van der Waals surface area (Å²) in [6, 6.07) is 5.54. The number of hydrogen-bond acceptors (Lipinski definition) is 7. The lowest BCUT2D eigenvalue weighted by molar-refractivity contribution is -0.139. The highest BCUT2D eigenvalue weighted by Gasteiger charge is 2.48. The van der Waals surface area contributed by atoms with Gasteiger partial charge in [-0.15, -0.1) is 11.3 Å². The summed E-state index contributed by atoms with van der Waals surface area (Å²) in [6.45, 7) is 4.00. The molecule has 2 aliphatic heterocycles. The lowest BCUT2D eigenvalue weighted by Crippen LogP contribution is -2.53. The third kappa shape index (κ3) is 3.21. The van der Waals surface area contributed by atoms with E-state index in [4.69, 9.17) is 9.47 Å². The molecule has 4 rings (SSSR count). The van der Waals surface area contributed by atoms with Crippen LogP contribution in [0.1, 0.15) is 38.3 Å². The van der Waals surface area contributed by atoms with Gasteiger partial charge in [0.1, 0.15) is 32.3 Å². The van der Waals surface area contributed by atoms with Gasteiger partial charge in [-0.1, -0.05) is 6.07 Å². The van der Waals surface area contributed by atoms with Crippen molar-refractivity contribution in [1.82, 2.24) is 4.90 Å². The van der Waals surface area contributed by atoms with Crippen LogP contribution < -0.4 is 9.47 Å². The fraction of sp³-hybridized carbons (Fsp3) is 0.450. The van der Waals surface area contributed by atoms with Gasteiger partial charge in [-0.25, -0.2) is 8.42 Å². The number of benzene rings is 1. The molecule has 1 N–H and O–H groups in total. The van der Waals surface area contributed by atoms with E-state index >= 15 is 0 Å². The maximum absolute atomic E-state index is 13.2. The Morgan fingerprint density at radius 2 is 2.10 bits per heavy atom. The summed E-state index contributed by atoms with van der Waals surface area (Å²) in [6.07, 6.45) is 0.105. The summed E-state index contributed by atoms with van der Waals surface area (Å²) in [5, 5.41) is 12.7. The molecule has 0 spiro atoms. The van der Waals surface area contributed by atoms with Crippen LogP contribution in [0.2, 0.25) is 0 Å². The maximum Gasteiger partial charge on any atom is 0.223 e. The van der Waals surface area contributed by atoms with E-state index in [1.54, 1.807) is 30.2 Å². The summed E-state index contributed by atoms with van der Waals surface area (Å²) in [5.74, 6) is 0.513. The lowest BCUT2D eigenvalue weighted by atomic mass is 9.85. The van der Waals surface area contributed by atoms with Crippen molar-refractivity contribution in [1.29, 1.82) is 0 Å². The van der Waals surface area contributed by atoms with E-state index in [-0.39, 0.29) is 20.8 Å². The van der Waals surface area contributed by atoms with Gasteiger partial charge in [0.15, 0.2) is 0 Å². The third-order valence-electron chi connectivity index (χ3n) is 5.49. The standard InChI is InChI=1S/C20H23NO6S2/c1-20(2)19(23)18(21-8-4-6-16(21)22)12-10-15(14(26-3)11-13(12)27-20)29(24,25)17-7-5-9-28-17/h5,7,9-11,18-19,23H,4,6,8H2,1-3H3/t18-,19+/m1/s1. The lowest BCUT2D eigenvalue weighted by Gasteiger charge is -2.45. The molecule has 2 atom stereocenters. The second kappa shape index (κ2) is 7.00. The van der Waals surface area contributed by atoms with Crippen LogP contribution in [-0.4, -0.2) is 49.7 Å². The Balaban J connectivity index is 1.93. The van der Waals surface area contributed by atoms with Gasteiger partial charge in [-0.2, -0.15) is 0 Å². The number of carbonyl (C=O) groups is 1. The molecule has 156 valence electrons. The predicted molar refractivity (Wildman–Crippen MR) is 107 cm³/mol. The summed E-state index contributed by atoms with van der Waals surface area (Å²) in [7, 11) is -2.42. The van der Waals surface area contributed by atoms with E-state index < -0.39 is 27.6 Å². The molecule has 0 radical (unpaired) electrons. The van der Waals surface area contributed by atoms with Gasteiger partial charge >= 0.3 is 0 Å². The molecular formula is C20H23NO6S2. The SMILES string of the molecule is COc1cc2c(cc1S(=O)(=O)c1cccs1)[C@@H](N1CCCC1=O)[C@H](O)C(C)(C)O2. The van der Waals surface area contributed by atoms with E-state index in [0.29, 0.717) is 30.7 Å². The van der Waals surface area contributed by atoms with Crippen molar-refractivity contribution in [2.45, 2.75) is 53.5 Å². The van der Waals surface area contributed by atoms with Crippen LogP contribution >= 0.6 is 11.3 Å². The van der Waals surface area contributed by atoms with Crippen molar-refractivity contribution in [2.75, 3.05) is 13.7 Å². The molecule has 2 aromatic rings. The van der Waals surface area contributed by atoms with Crippen LogP contribution in [0.4, 0.5) is 0 Å². The van der Waals surface area contributed by atoms with Crippen LogP contribution in [0.3, 0.4) is 0 Å². The van der Waals surface area contributed by atoms with Crippen molar-refractivity contribution in [3.63, 3.8) is 0 Å². The predicted octanol–water partition coefficient (Wildman–Crippen LogP) is 2.78. The topological polar surface area (TPSA) is 93.1 Å². The first-order valence-corrected chi connectivity index (χ1v) is 11.7. The first-order valence-electron chi connectivity index (χ1n) is 9.34. The monoisotopic (exact) mass is 437 g/mol. The van der Waals surface area contributed by atoms with Crippen molar-refractivity contribution >= 4 is 27.1 Å². The average Bonchev–Trinajstić information content (AvgIpc) is 3.34. The number of methoxy groups -OCH3 is 1. The third-order valence-corrected chi connectivity index (χ3v) is 8.67. The van der Waals surface area contributed by atoms with Gasteiger partial charge in [0, 0.05) is 24.6 Å². The van der Waals surface area contributed by atoms with Crippen LogP contribution in [0.15, 0.2) is 38.8 Å². The van der Waals surface area contributed by atoms with Crippen LogP contribution in [0.25, 0.3) is 0 Å². The van der Waals surface area contributed by atoms with E-state index in [0.717, 1.165) is 11.3 Å². The van der Waals surface area contributed by atoms with E-state index in [1.807, 2.05) is 0 Å².